The number of carbonyl (C=O) groups is 1. The highest BCUT2D eigenvalue weighted by molar-refractivity contribution is 5.92. The molecule has 1 atom stereocenters. The van der Waals surface area contributed by atoms with Crippen molar-refractivity contribution in [3.05, 3.63) is 42.2 Å². The maximum absolute atomic E-state index is 12.2. The number of pyridine rings is 1. The van der Waals surface area contributed by atoms with E-state index in [-0.39, 0.29) is 11.9 Å². The fraction of sp³-hybridized carbons (Fsp3) is 0.308. The number of amides is 1. The minimum absolute atomic E-state index is 0.118. The van der Waals surface area contributed by atoms with Crippen molar-refractivity contribution in [1.82, 2.24) is 19.9 Å². The van der Waals surface area contributed by atoms with E-state index in [1.165, 1.54) is 0 Å². The molecule has 98 valence electrons. The second kappa shape index (κ2) is 4.72. The lowest BCUT2D eigenvalue weighted by Gasteiger charge is -2.25. The smallest absolute Gasteiger partial charge is 0.270 e. The van der Waals surface area contributed by atoms with Crippen LogP contribution < -0.4 is 10.1 Å². The van der Waals surface area contributed by atoms with Gasteiger partial charge < -0.3 is 14.6 Å². The van der Waals surface area contributed by atoms with Crippen LogP contribution in [0.15, 0.2) is 30.9 Å². The Labute approximate surface area is 110 Å². The van der Waals surface area contributed by atoms with Crippen LogP contribution in [0.5, 0.6) is 5.75 Å². The summed E-state index contributed by atoms with van der Waals surface area (Å²) in [5, 5.41) is 2.98. The van der Waals surface area contributed by atoms with Gasteiger partial charge in [0.15, 0.2) is 0 Å². The summed E-state index contributed by atoms with van der Waals surface area (Å²) < 4.78 is 7.21. The number of nitrogens with one attached hydrogen (secondary N) is 1. The first-order valence-electron chi connectivity index (χ1n) is 6.10. The second-order valence-electron chi connectivity index (χ2n) is 4.44. The van der Waals surface area contributed by atoms with Crippen molar-refractivity contribution in [3.8, 4) is 5.75 Å². The molecular weight excluding hydrogens is 244 g/mol. The van der Waals surface area contributed by atoms with E-state index in [0.29, 0.717) is 18.7 Å². The first-order valence-corrected chi connectivity index (χ1v) is 6.10. The van der Waals surface area contributed by atoms with E-state index in [1.54, 1.807) is 30.3 Å². The van der Waals surface area contributed by atoms with Gasteiger partial charge >= 0.3 is 0 Å². The number of aryl methyl sites for hydroxylation is 1. The molecule has 0 bridgehead atoms. The minimum Gasteiger partial charge on any atom is -0.491 e. The lowest BCUT2D eigenvalue weighted by atomic mass is 10.1. The van der Waals surface area contributed by atoms with E-state index < -0.39 is 0 Å². The zero-order valence-electron chi connectivity index (χ0n) is 10.5. The van der Waals surface area contributed by atoms with Gasteiger partial charge in [-0.25, -0.2) is 4.98 Å². The van der Waals surface area contributed by atoms with Crippen molar-refractivity contribution in [3.63, 3.8) is 0 Å². The Morgan fingerprint density at radius 2 is 2.47 bits per heavy atom. The van der Waals surface area contributed by atoms with Crippen molar-refractivity contribution < 1.29 is 9.53 Å². The summed E-state index contributed by atoms with van der Waals surface area (Å²) in [6, 6.07) is 3.57. The topological polar surface area (TPSA) is 69.0 Å². The third-order valence-corrected chi connectivity index (χ3v) is 3.15. The van der Waals surface area contributed by atoms with Gasteiger partial charge in [0.2, 0.25) is 0 Å². The van der Waals surface area contributed by atoms with Crippen LogP contribution in [0, 0.1) is 0 Å². The monoisotopic (exact) mass is 258 g/mol. The Bertz CT molecular complexity index is 608. The average Bonchev–Trinajstić information content (AvgIpc) is 2.85. The molecule has 0 aromatic carbocycles. The SMILES string of the molecule is Cn1cncc1C(=O)NC1CCOc2cccnc21. The molecular formula is C13H14N4O2. The van der Waals surface area contributed by atoms with E-state index in [1.807, 2.05) is 12.1 Å². The molecule has 1 amide bonds. The maximum atomic E-state index is 12.2. The number of imidazole rings is 1. The van der Waals surface area contributed by atoms with E-state index in [9.17, 15) is 4.79 Å². The summed E-state index contributed by atoms with van der Waals surface area (Å²) in [6.07, 6.45) is 5.57. The van der Waals surface area contributed by atoms with Crippen molar-refractivity contribution in [1.29, 1.82) is 0 Å². The quantitative estimate of drug-likeness (QED) is 0.874. The summed E-state index contributed by atoms with van der Waals surface area (Å²) in [4.78, 5) is 20.4. The molecule has 6 heteroatoms. The van der Waals surface area contributed by atoms with Crippen LogP contribution in [-0.4, -0.2) is 27.0 Å². The number of carbonyl (C=O) groups excluding carboxylic acids is 1. The Balaban J connectivity index is 1.82. The summed E-state index contributed by atoms with van der Waals surface area (Å²) in [6.45, 7) is 0.578. The van der Waals surface area contributed by atoms with Gasteiger partial charge in [-0.1, -0.05) is 0 Å². The molecule has 0 spiro atoms. The van der Waals surface area contributed by atoms with Gasteiger partial charge in [0.25, 0.3) is 5.91 Å². The normalized spacial score (nSPS) is 17.4. The third kappa shape index (κ3) is 2.16. The molecule has 2 aromatic rings. The number of fused-ring (bicyclic) bond motifs is 1. The molecule has 0 saturated heterocycles. The van der Waals surface area contributed by atoms with Crippen LogP contribution in [0.3, 0.4) is 0 Å². The summed E-state index contributed by atoms with van der Waals surface area (Å²) in [5.41, 5.74) is 1.31. The van der Waals surface area contributed by atoms with Crippen molar-refractivity contribution >= 4 is 5.91 Å². The van der Waals surface area contributed by atoms with Gasteiger partial charge in [0.1, 0.15) is 17.1 Å². The van der Waals surface area contributed by atoms with Gasteiger partial charge in [-0.3, -0.25) is 9.78 Å². The molecule has 3 heterocycles. The lowest BCUT2D eigenvalue weighted by molar-refractivity contribution is 0.0915. The van der Waals surface area contributed by atoms with Crippen molar-refractivity contribution in [2.24, 2.45) is 7.05 Å². The maximum Gasteiger partial charge on any atom is 0.270 e. The number of hydrogen-bond acceptors (Lipinski definition) is 4. The Morgan fingerprint density at radius 1 is 1.58 bits per heavy atom. The zero-order chi connectivity index (χ0) is 13.2. The van der Waals surface area contributed by atoms with E-state index >= 15 is 0 Å². The average molecular weight is 258 g/mol. The standard InChI is InChI=1S/C13H14N4O2/c1-17-8-14-7-10(17)13(18)16-9-4-6-19-11-3-2-5-15-12(9)11/h2-3,5,7-9H,4,6H2,1H3,(H,16,18). The Morgan fingerprint density at radius 3 is 3.26 bits per heavy atom. The molecule has 0 aliphatic carbocycles. The zero-order valence-corrected chi connectivity index (χ0v) is 10.5. The molecule has 1 aliphatic heterocycles. The highest BCUT2D eigenvalue weighted by Gasteiger charge is 2.25. The first-order chi connectivity index (χ1) is 9.25. The fourth-order valence-electron chi connectivity index (χ4n) is 2.16. The largest absolute Gasteiger partial charge is 0.491 e. The number of hydrogen-bond donors (Lipinski definition) is 1. The predicted molar refractivity (Wildman–Crippen MR) is 67.8 cm³/mol. The summed E-state index contributed by atoms with van der Waals surface area (Å²) in [7, 11) is 1.79. The van der Waals surface area contributed by atoms with E-state index in [2.05, 4.69) is 15.3 Å². The lowest BCUT2D eigenvalue weighted by Crippen LogP contribution is -2.33. The number of aromatic nitrogens is 3. The molecule has 0 saturated carbocycles. The number of rotatable bonds is 2. The molecule has 1 N–H and O–H groups in total. The number of ether oxygens (including phenoxy) is 1. The summed E-state index contributed by atoms with van der Waals surface area (Å²) >= 11 is 0. The Kier molecular flexibility index (Phi) is 2.91. The molecule has 0 fully saturated rings. The molecule has 6 nitrogen and oxygen atoms in total. The highest BCUT2D eigenvalue weighted by Crippen LogP contribution is 2.29. The van der Waals surface area contributed by atoms with Crippen molar-refractivity contribution in [2.45, 2.75) is 12.5 Å². The predicted octanol–water partition coefficient (Wildman–Crippen LogP) is 1.07. The van der Waals surface area contributed by atoms with Crippen LogP contribution >= 0.6 is 0 Å². The van der Waals surface area contributed by atoms with Crippen LogP contribution in [0.2, 0.25) is 0 Å². The van der Waals surface area contributed by atoms with E-state index in [4.69, 9.17) is 4.74 Å². The molecule has 1 aliphatic rings. The van der Waals surface area contributed by atoms with Crippen LogP contribution in [0.4, 0.5) is 0 Å². The van der Waals surface area contributed by atoms with Crippen LogP contribution in [-0.2, 0) is 7.05 Å². The summed E-state index contributed by atoms with van der Waals surface area (Å²) in [5.74, 6) is 0.590. The molecule has 19 heavy (non-hydrogen) atoms. The van der Waals surface area contributed by atoms with Crippen LogP contribution in [0.1, 0.15) is 28.6 Å². The minimum atomic E-state index is -0.150. The molecule has 2 aromatic heterocycles. The van der Waals surface area contributed by atoms with Crippen LogP contribution in [0.25, 0.3) is 0 Å². The van der Waals surface area contributed by atoms with Gasteiger partial charge in [0.05, 0.1) is 25.2 Å². The van der Waals surface area contributed by atoms with Gasteiger partial charge in [-0.15, -0.1) is 0 Å². The van der Waals surface area contributed by atoms with Gasteiger partial charge in [-0.2, -0.15) is 0 Å². The number of nitrogens with zero attached hydrogens (tertiary/aromatic N) is 3. The third-order valence-electron chi connectivity index (χ3n) is 3.15. The Hall–Kier alpha value is -2.37. The highest BCUT2D eigenvalue weighted by atomic mass is 16.5. The molecule has 3 rings (SSSR count). The van der Waals surface area contributed by atoms with Crippen molar-refractivity contribution in [2.75, 3.05) is 6.61 Å². The van der Waals surface area contributed by atoms with Gasteiger partial charge in [-0.05, 0) is 12.1 Å². The first kappa shape index (κ1) is 11.7. The second-order valence-corrected chi connectivity index (χ2v) is 4.44. The van der Waals surface area contributed by atoms with E-state index in [0.717, 1.165) is 11.4 Å². The molecule has 0 radical (unpaired) electrons. The van der Waals surface area contributed by atoms with Gasteiger partial charge in [0, 0.05) is 19.7 Å². The molecule has 1 unspecified atom stereocenters. The fourth-order valence-corrected chi connectivity index (χ4v) is 2.16.